The molecule has 0 N–H and O–H groups in total. The van der Waals surface area contributed by atoms with Gasteiger partial charge in [0.1, 0.15) is 0 Å². The van der Waals surface area contributed by atoms with Gasteiger partial charge in [0.05, 0.1) is 0 Å². The molecule has 1 saturated carbocycles. The maximum absolute atomic E-state index is 10.7. The molecule has 18 heavy (non-hydrogen) atoms. The molecule has 1 aliphatic carbocycles. The normalized spacial score (nSPS) is 26.9. The van der Waals surface area contributed by atoms with Crippen LogP contribution in [0.4, 0.5) is 0 Å². The van der Waals surface area contributed by atoms with Gasteiger partial charge in [-0.1, -0.05) is 37.3 Å². The molecule has 2 heteroatoms. The SMILES string of the molecule is C[C@H](c1ccccc1)[C@H]1CCC2(C1)CN(C=O)C2. The molecule has 2 fully saturated rings. The molecule has 96 valence electrons. The third-order valence-corrected chi connectivity index (χ3v) is 5.00. The van der Waals surface area contributed by atoms with Crippen molar-refractivity contribution in [2.45, 2.75) is 32.1 Å². The minimum Gasteiger partial charge on any atom is -0.344 e. The van der Waals surface area contributed by atoms with Crippen molar-refractivity contribution < 1.29 is 4.79 Å². The standard InChI is InChI=1S/C16H21NO/c1-13(14-5-3-2-4-6-14)15-7-8-16(9-15)10-17(11-16)12-18/h2-6,12-13,15H,7-11H2,1H3/t13-,15+/m1/s1. The maximum atomic E-state index is 10.7. The summed E-state index contributed by atoms with van der Waals surface area (Å²) in [4.78, 5) is 12.6. The molecule has 1 saturated heterocycles. The highest BCUT2D eigenvalue weighted by atomic mass is 16.1. The number of carbonyl (C=O) groups excluding carboxylic acids is 1. The van der Waals surface area contributed by atoms with E-state index in [4.69, 9.17) is 0 Å². The van der Waals surface area contributed by atoms with Crippen LogP contribution in [-0.2, 0) is 4.79 Å². The Morgan fingerprint density at radius 3 is 2.72 bits per heavy atom. The average Bonchev–Trinajstić information content (AvgIpc) is 2.82. The number of benzene rings is 1. The summed E-state index contributed by atoms with van der Waals surface area (Å²) in [6.45, 7) is 4.35. The Balaban J connectivity index is 1.64. The zero-order valence-electron chi connectivity index (χ0n) is 11.0. The van der Waals surface area contributed by atoms with E-state index in [-0.39, 0.29) is 0 Å². The predicted molar refractivity (Wildman–Crippen MR) is 72.3 cm³/mol. The second-order valence-electron chi connectivity index (χ2n) is 6.21. The van der Waals surface area contributed by atoms with E-state index in [1.807, 2.05) is 4.90 Å². The summed E-state index contributed by atoms with van der Waals surface area (Å²) in [5.41, 5.74) is 1.93. The van der Waals surface area contributed by atoms with Gasteiger partial charge >= 0.3 is 0 Å². The third-order valence-electron chi connectivity index (χ3n) is 5.00. The number of hydrogen-bond donors (Lipinski definition) is 0. The van der Waals surface area contributed by atoms with Gasteiger partial charge in [0.15, 0.2) is 0 Å². The lowest BCUT2D eigenvalue weighted by Gasteiger charge is -2.46. The molecular weight excluding hydrogens is 222 g/mol. The largest absolute Gasteiger partial charge is 0.344 e. The molecule has 1 amide bonds. The second-order valence-corrected chi connectivity index (χ2v) is 6.21. The van der Waals surface area contributed by atoms with Crippen LogP contribution in [0.15, 0.2) is 30.3 Å². The summed E-state index contributed by atoms with van der Waals surface area (Å²) in [7, 11) is 0. The Hall–Kier alpha value is -1.31. The topological polar surface area (TPSA) is 20.3 Å². The van der Waals surface area contributed by atoms with Crippen LogP contribution in [0, 0.1) is 11.3 Å². The highest BCUT2D eigenvalue weighted by Crippen LogP contribution is 2.51. The van der Waals surface area contributed by atoms with E-state index in [2.05, 4.69) is 37.3 Å². The first-order chi connectivity index (χ1) is 8.72. The molecule has 2 atom stereocenters. The van der Waals surface area contributed by atoms with Crippen molar-refractivity contribution in [3.05, 3.63) is 35.9 Å². The molecule has 0 bridgehead atoms. The van der Waals surface area contributed by atoms with E-state index in [0.717, 1.165) is 25.4 Å². The van der Waals surface area contributed by atoms with Crippen LogP contribution in [0.25, 0.3) is 0 Å². The van der Waals surface area contributed by atoms with E-state index in [0.29, 0.717) is 11.3 Å². The van der Waals surface area contributed by atoms with Crippen molar-refractivity contribution >= 4 is 6.41 Å². The molecule has 1 aliphatic heterocycles. The smallest absolute Gasteiger partial charge is 0.209 e. The molecular formula is C16H21NO. The molecule has 0 aromatic heterocycles. The summed E-state index contributed by atoms with van der Waals surface area (Å²) in [5.74, 6) is 1.44. The van der Waals surface area contributed by atoms with Gasteiger partial charge in [0.25, 0.3) is 0 Å². The van der Waals surface area contributed by atoms with Gasteiger partial charge in [-0.05, 0) is 36.7 Å². The average molecular weight is 243 g/mol. The second kappa shape index (κ2) is 4.42. The van der Waals surface area contributed by atoms with E-state index in [1.165, 1.54) is 24.8 Å². The predicted octanol–water partition coefficient (Wildman–Crippen LogP) is 3.05. The summed E-state index contributed by atoms with van der Waals surface area (Å²) in [5, 5.41) is 0. The van der Waals surface area contributed by atoms with Gasteiger partial charge in [-0.3, -0.25) is 4.79 Å². The van der Waals surface area contributed by atoms with Gasteiger partial charge < -0.3 is 4.90 Å². The van der Waals surface area contributed by atoms with Crippen LogP contribution in [0.1, 0.15) is 37.7 Å². The Bertz CT molecular complexity index is 422. The van der Waals surface area contributed by atoms with Crippen LogP contribution >= 0.6 is 0 Å². The molecule has 2 aliphatic rings. The zero-order chi connectivity index (χ0) is 12.6. The first-order valence-electron chi connectivity index (χ1n) is 6.97. The van der Waals surface area contributed by atoms with Gasteiger partial charge in [0.2, 0.25) is 6.41 Å². The van der Waals surface area contributed by atoms with Gasteiger partial charge in [-0.15, -0.1) is 0 Å². The number of likely N-dealkylation sites (tertiary alicyclic amines) is 1. The zero-order valence-corrected chi connectivity index (χ0v) is 11.0. The summed E-state index contributed by atoms with van der Waals surface area (Å²) in [6.07, 6.45) is 4.93. The van der Waals surface area contributed by atoms with E-state index in [1.54, 1.807) is 0 Å². The lowest BCUT2D eigenvalue weighted by molar-refractivity contribution is -0.129. The van der Waals surface area contributed by atoms with Crippen molar-refractivity contribution in [2.24, 2.45) is 11.3 Å². The van der Waals surface area contributed by atoms with Crippen LogP contribution in [0.5, 0.6) is 0 Å². The Labute approximate surface area is 109 Å². The van der Waals surface area contributed by atoms with Crippen LogP contribution in [0.3, 0.4) is 0 Å². The van der Waals surface area contributed by atoms with Gasteiger partial charge in [0, 0.05) is 18.5 Å². The number of carbonyl (C=O) groups is 1. The molecule has 0 unspecified atom stereocenters. The highest BCUT2D eigenvalue weighted by molar-refractivity contribution is 5.49. The van der Waals surface area contributed by atoms with Crippen molar-refractivity contribution in [3.8, 4) is 0 Å². The summed E-state index contributed by atoms with van der Waals surface area (Å²) >= 11 is 0. The molecule has 3 rings (SSSR count). The monoisotopic (exact) mass is 243 g/mol. The Morgan fingerprint density at radius 1 is 1.33 bits per heavy atom. The van der Waals surface area contributed by atoms with Gasteiger partial charge in [-0.25, -0.2) is 0 Å². The van der Waals surface area contributed by atoms with Crippen molar-refractivity contribution in [2.75, 3.05) is 13.1 Å². The lowest BCUT2D eigenvalue weighted by Crippen LogP contribution is -2.54. The quantitative estimate of drug-likeness (QED) is 0.747. The van der Waals surface area contributed by atoms with E-state index >= 15 is 0 Å². The number of hydrogen-bond acceptors (Lipinski definition) is 1. The number of rotatable bonds is 3. The van der Waals surface area contributed by atoms with Crippen molar-refractivity contribution in [3.63, 3.8) is 0 Å². The fourth-order valence-corrected chi connectivity index (χ4v) is 3.88. The third kappa shape index (κ3) is 1.94. The lowest BCUT2D eigenvalue weighted by atomic mass is 9.76. The van der Waals surface area contributed by atoms with Crippen LogP contribution < -0.4 is 0 Å². The van der Waals surface area contributed by atoms with E-state index in [9.17, 15) is 4.79 Å². The van der Waals surface area contributed by atoms with Crippen LogP contribution in [0.2, 0.25) is 0 Å². The van der Waals surface area contributed by atoms with Crippen molar-refractivity contribution in [1.29, 1.82) is 0 Å². The van der Waals surface area contributed by atoms with Crippen LogP contribution in [-0.4, -0.2) is 24.4 Å². The molecule has 1 spiro atoms. The number of amides is 1. The first-order valence-corrected chi connectivity index (χ1v) is 6.97. The Kier molecular flexibility index (Phi) is 2.89. The fourth-order valence-electron chi connectivity index (χ4n) is 3.88. The van der Waals surface area contributed by atoms with E-state index < -0.39 is 0 Å². The Morgan fingerprint density at radius 2 is 2.06 bits per heavy atom. The number of nitrogens with zero attached hydrogens (tertiary/aromatic N) is 1. The molecule has 2 nitrogen and oxygen atoms in total. The summed E-state index contributed by atoms with van der Waals surface area (Å²) in [6, 6.07) is 10.8. The molecule has 0 radical (unpaired) electrons. The highest BCUT2D eigenvalue weighted by Gasteiger charge is 2.48. The fraction of sp³-hybridized carbons (Fsp3) is 0.562. The van der Waals surface area contributed by atoms with Gasteiger partial charge in [-0.2, -0.15) is 0 Å². The van der Waals surface area contributed by atoms with Crippen molar-refractivity contribution in [1.82, 2.24) is 4.90 Å². The molecule has 1 heterocycles. The maximum Gasteiger partial charge on any atom is 0.209 e. The summed E-state index contributed by atoms with van der Waals surface area (Å²) < 4.78 is 0. The first kappa shape index (κ1) is 11.8. The minimum absolute atomic E-state index is 0.467. The molecule has 1 aromatic rings. The molecule has 1 aromatic carbocycles. The minimum atomic E-state index is 0.467.